The minimum Gasteiger partial charge on any atom is -0.480 e. The minimum atomic E-state index is -1.06. The Morgan fingerprint density at radius 1 is 1.47 bits per heavy atom. The Balaban J connectivity index is 1.66. The average Bonchev–Trinajstić information content (AvgIpc) is 2.82. The van der Waals surface area contributed by atoms with E-state index < -0.39 is 17.5 Å². The number of hydrogen-bond acceptors (Lipinski definition) is 4. The fourth-order valence-corrected chi connectivity index (χ4v) is 1.99. The van der Waals surface area contributed by atoms with Gasteiger partial charge in [-0.25, -0.2) is 14.6 Å². The SMILES string of the molecule is O=C(NCCCc1ncn[nH]1)NC1(C(=O)O)CCC1. The van der Waals surface area contributed by atoms with Crippen molar-refractivity contribution in [2.45, 2.75) is 37.6 Å². The second-order valence-corrected chi connectivity index (χ2v) is 4.66. The molecule has 0 atom stereocenters. The molecular formula is C11H17N5O3. The normalized spacial score (nSPS) is 16.4. The van der Waals surface area contributed by atoms with Crippen LogP contribution in [0.3, 0.4) is 0 Å². The number of nitrogens with zero attached hydrogens (tertiary/aromatic N) is 2. The number of aryl methyl sites for hydroxylation is 1. The Bertz CT molecular complexity index is 441. The van der Waals surface area contributed by atoms with E-state index in [-0.39, 0.29) is 0 Å². The second-order valence-electron chi connectivity index (χ2n) is 4.66. The van der Waals surface area contributed by atoms with Crippen molar-refractivity contribution in [1.82, 2.24) is 25.8 Å². The van der Waals surface area contributed by atoms with Gasteiger partial charge in [0, 0.05) is 13.0 Å². The maximum atomic E-state index is 11.6. The summed E-state index contributed by atoms with van der Waals surface area (Å²) in [7, 11) is 0. The molecule has 0 unspecified atom stereocenters. The van der Waals surface area contributed by atoms with Crippen LogP contribution in [-0.2, 0) is 11.2 Å². The molecule has 8 heteroatoms. The molecule has 19 heavy (non-hydrogen) atoms. The first-order valence-electron chi connectivity index (χ1n) is 6.26. The van der Waals surface area contributed by atoms with Crippen LogP contribution in [-0.4, -0.2) is 44.4 Å². The fraction of sp³-hybridized carbons (Fsp3) is 0.636. The number of amides is 2. The Morgan fingerprint density at radius 3 is 2.79 bits per heavy atom. The highest BCUT2D eigenvalue weighted by Gasteiger charge is 2.45. The first kappa shape index (κ1) is 13.3. The maximum absolute atomic E-state index is 11.6. The zero-order valence-corrected chi connectivity index (χ0v) is 10.5. The number of rotatable bonds is 6. The lowest BCUT2D eigenvalue weighted by molar-refractivity contribution is -0.148. The van der Waals surface area contributed by atoms with Crippen LogP contribution in [0.2, 0.25) is 0 Å². The molecule has 104 valence electrons. The topological polar surface area (TPSA) is 120 Å². The number of aliphatic carboxylic acids is 1. The molecule has 8 nitrogen and oxygen atoms in total. The third-order valence-corrected chi connectivity index (χ3v) is 3.31. The molecule has 0 bridgehead atoms. The van der Waals surface area contributed by atoms with Crippen molar-refractivity contribution in [2.75, 3.05) is 6.54 Å². The van der Waals surface area contributed by atoms with Crippen molar-refractivity contribution >= 4 is 12.0 Å². The number of H-pyrrole nitrogens is 1. The quantitative estimate of drug-likeness (QED) is 0.542. The summed E-state index contributed by atoms with van der Waals surface area (Å²) < 4.78 is 0. The van der Waals surface area contributed by atoms with Crippen LogP contribution in [0.25, 0.3) is 0 Å². The minimum absolute atomic E-state index is 0.431. The summed E-state index contributed by atoms with van der Waals surface area (Å²) in [6, 6.07) is -0.431. The summed E-state index contributed by atoms with van der Waals surface area (Å²) in [6.07, 6.45) is 4.65. The molecule has 1 saturated carbocycles. The standard InChI is InChI=1S/C11H17N5O3/c17-9(18)11(4-2-5-11)15-10(19)12-6-1-3-8-13-7-14-16-8/h7H,1-6H2,(H,17,18)(H2,12,15,19)(H,13,14,16). The predicted molar refractivity (Wildman–Crippen MR) is 65.5 cm³/mol. The first-order valence-corrected chi connectivity index (χ1v) is 6.26. The molecule has 0 aliphatic heterocycles. The second kappa shape index (κ2) is 5.68. The van der Waals surface area contributed by atoms with E-state index in [1.165, 1.54) is 6.33 Å². The number of nitrogens with one attached hydrogen (secondary N) is 3. The van der Waals surface area contributed by atoms with Gasteiger partial charge in [-0.15, -0.1) is 0 Å². The molecule has 1 aromatic heterocycles. The molecule has 0 saturated heterocycles. The van der Waals surface area contributed by atoms with Gasteiger partial charge in [0.1, 0.15) is 17.7 Å². The summed E-state index contributed by atoms with van der Waals surface area (Å²) in [5, 5.41) is 20.7. The van der Waals surface area contributed by atoms with Gasteiger partial charge in [-0.05, 0) is 25.7 Å². The molecule has 1 fully saturated rings. The lowest BCUT2D eigenvalue weighted by Gasteiger charge is -2.38. The molecule has 4 N–H and O–H groups in total. The van der Waals surface area contributed by atoms with Crippen molar-refractivity contribution in [3.8, 4) is 0 Å². The molecule has 1 aromatic rings. The maximum Gasteiger partial charge on any atom is 0.329 e. The zero-order valence-electron chi connectivity index (χ0n) is 10.5. The van der Waals surface area contributed by atoms with Gasteiger partial charge in [-0.3, -0.25) is 5.10 Å². The smallest absolute Gasteiger partial charge is 0.329 e. The van der Waals surface area contributed by atoms with Crippen molar-refractivity contribution < 1.29 is 14.7 Å². The predicted octanol–water partition coefficient (Wildman–Crippen LogP) is 0.0438. The van der Waals surface area contributed by atoms with Crippen molar-refractivity contribution in [1.29, 1.82) is 0 Å². The summed E-state index contributed by atoms with van der Waals surface area (Å²) in [6.45, 7) is 0.461. The van der Waals surface area contributed by atoms with E-state index >= 15 is 0 Å². The van der Waals surface area contributed by atoms with Crippen LogP contribution >= 0.6 is 0 Å². The van der Waals surface area contributed by atoms with Crippen LogP contribution in [0, 0.1) is 0 Å². The van der Waals surface area contributed by atoms with E-state index in [9.17, 15) is 9.59 Å². The number of aromatic amines is 1. The van der Waals surface area contributed by atoms with E-state index in [0.717, 1.165) is 12.2 Å². The van der Waals surface area contributed by atoms with Crippen LogP contribution in [0.1, 0.15) is 31.5 Å². The van der Waals surface area contributed by atoms with Gasteiger partial charge >= 0.3 is 12.0 Å². The average molecular weight is 267 g/mol. The highest BCUT2D eigenvalue weighted by molar-refractivity contribution is 5.87. The van der Waals surface area contributed by atoms with E-state index in [0.29, 0.717) is 32.2 Å². The van der Waals surface area contributed by atoms with E-state index in [1.54, 1.807) is 0 Å². The molecule has 0 spiro atoms. The Morgan fingerprint density at radius 2 is 2.26 bits per heavy atom. The van der Waals surface area contributed by atoms with Crippen LogP contribution in [0.15, 0.2) is 6.33 Å². The summed E-state index contributed by atoms with van der Waals surface area (Å²) in [5.74, 6) is -0.196. The van der Waals surface area contributed by atoms with E-state index in [2.05, 4.69) is 25.8 Å². The summed E-state index contributed by atoms with van der Waals surface area (Å²) >= 11 is 0. The molecule has 1 aliphatic carbocycles. The van der Waals surface area contributed by atoms with Gasteiger partial charge in [0.2, 0.25) is 0 Å². The van der Waals surface area contributed by atoms with Crippen molar-refractivity contribution in [3.05, 3.63) is 12.2 Å². The number of carboxylic acid groups (broad SMARTS) is 1. The molecule has 2 amide bonds. The molecule has 1 heterocycles. The summed E-state index contributed by atoms with van der Waals surface area (Å²) in [4.78, 5) is 26.6. The van der Waals surface area contributed by atoms with Crippen LogP contribution in [0.5, 0.6) is 0 Å². The fourth-order valence-electron chi connectivity index (χ4n) is 1.99. The molecule has 0 radical (unpaired) electrons. The van der Waals surface area contributed by atoms with E-state index in [1.807, 2.05) is 0 Å². The number of carboxylic acids is 1. The van der Waals surface area contributed by atoms with Crippen LogP contribution < -0.4 is 10.6 Å². The van der Waals surface area contributed by atoms with Crippen molar-refractivity contribution in [2.24, 2.45) is 0 Å². The third-order valence-electron chi connectivity index (χ3n) is 3.31. The molecule has 1 aliphatic rings. The molecule has 0 aromatic carbocycles. The highest BCUT2D eigenvalue weighted by Crippen LogP contribution is 2.31. The van der Waals surface area contributed by atoms with Crippen molar-refractivity contribution in [3.63, 3.8) is 0 Å². The monoisotopic (exact) mass is 267 g/mol. The molecular weight excluding hydrogens is 250 g/mol. The number of hydrogen-bond donors (Lipinski definition) is 4. The lowest BCUT2D eigenvalue weighted by atomic mass is 9.77. The number of carbonyl (C=O) groups excluding carboxylic acids is 1. The van der Waals surface area contributed by atoms with Gasteiger partial charge < -0.3 is 15.7 Å². The largest absolute Gasteiger partial charge is 0.480 e. The zero-order chi connectivity index (χ0) is 13.7. The van der Waals surface area contributed by atoms with Crippen LogP contribution in [0.4, 0.5) is 4.79 Å². The number of aromatic nitrogens is 3. The Labute approximate surface area is 110 Å². The summed E-state index contributed by atoms with van der Waals surface area (Å²) in [5.41, 5.74) is -1.06. The first-order chi connectivity index (χ1) is 9.12. The van der Waals surface area contributed by atoms with Gasteiger partial charge in [-0.2, -0.15) is 5.10 Å². The van der Waals surface area contributed by atoms with Gasteiger partial charge in [0.05, 0.1) is 0 Å². The Kier molecular flexibility index (Phi) is 3.98. The van der Waals surface area contributed by atoms with Gasteiger partial charge in [-0.1, -0.05) is 0 Å². The van der Waals surface area contributed by atoms with Gasteiger partial charge in [0.25, 0.3) is 0 Å². The highest BCUT2D eigenvalue weighted by atomic mass is 16.4. The number of urea groups is 1. The third kappa shape index (κ3) is 3.21. The van der Waals surface area contributed by atoms with E-state index in [4.69, 9.17) is 5.11 Å². The number of carbonyl (C=O) groups is 2. The Hall–Kier alpha value is -2.12. The van der Waals surface area contributed by atoms with Gasteiger partial charge in [0.15, 0.2) is 0 Å². The molecule has 2 rings (SSSR count). The lowest BCUT2D eigenvalue weighted by Crippen LogP contribution is -2.61.